The largest absolute Gasteiger partial charge is 0.438 e. The maximum atomic E-state index is 13.4. The van der Waals surface area contributed by atoms with Gasteiger partial charge in [0.1, 0.15) is 16.6 Å². The third kappa shape index (κ3) is 4.76. The van der Waals surface area contributed by atoms with E-state index in [2.05, 4.69) is 16.4 Å². The zero-order chi connectivity index (χ0) is 23.7. The summed E-state index contributed by atoms with van der Waals surface area (Å²) < 4.78 is 19.5. The Labute approximate surface area is 205 Å². The van der Waals surface area contributed by atoms with E-state index in [1.165, 1.54) is 30.0 Å². The van der Waals surface area contributed by atoms with Gasteiger partial charge in [-0.05, 0) is 36.8 Å². The molecule has 1 aliphatic heterocycles. The molecule has 1 aliphatic rings. The van der Waals surface area contributed by atoms with Gasteiger partial charge in [-0.15, -0.1) is 0 Å². The lowest BCUT2D eigenvalue weighted by atomic mass is 10.0. The molecule has 0 unspecified atom stereocenters. The minimum absolute atomic E-state index is 0.0473. The Balaban J connectivity index is 1.43. The molecule has 8 heteroatoms. The Kier molecular flexibility index (Phi) is 6.22. The summed E-state index contributed by atoms with van der Waals surface area (Å²) in [6.45, 7) is 2.03. The van der Waals surface area contributed by atoms with Gasteiger partial charge in [-0.3, -0.25) is 4.79 Å². The predicted octanol–water partition coefficient (Wildman–Crippen LogP) is 6.67. The number of ether oxygens (including phenoxy) is 1. The summed E-state index contributed by atoms with van der Waals surface area (Å²) in [5, 5.41) is 3.38. The molecule has 1 amide bonds. The molecule has 0 atom stereocenters. The van der Waals surface area contributed by atoms with E-state index < -0.39 is 5.82 Å². The molecule has 0 radical (unpaired) electrons. The van der Waals surface area contributed by atoms with E-state index in [1.807, 2.05) is 49.4 Å². The smallest absolute Gasteiger partial charge is 0.234 e. The Morgan fingerprint density at radius 3 is 2.74 bits per heavy atom. The average molecular weight is 492 g/mol. The summed E-state index contributed by atoms with van der Waals surface area (Å²) in [6.07, 6.45) is 0.610. The summed E-state index contributed by atoms with van der Waals surface area (Å²) >= 11 is 7.12. The van der Waals surface area contributed by atoms with Crippen LogP contribution in [0.2, 0.25) is 5.02 Å². The van der Waals surface area contributed by atoms with Crippen LogP contribution in [0.25, 0.3) is 11.4 Å². The number of nitrogens with zero attached hydrogens (tertiary/aromatic N) is 2. The van der Waals surface area contributed by atoms with Crippen molar-refractivity contribution in [2.75, 3.05) is 11.1 Å². The number of thioether (sulfide) groups is 1. The average Bonchev–Trinajstić information content (AvgIpc) is 2.84. The Morgan fingerprint density at radius 2 is 1.94 bits per heavy atom. The van der Waals surface area contributed by atoms with Crippen LogP contribution in [0.3, 0.4) is 0 Å². The molecule has 0 spiro atoms. The molecule has 0 bridgehead atoms. The molecule has 4 aromatic rings. The second-order valence-electron chi connectivity index (χ2n) is 7.86. The van der Waals surface area contributed by atoms with E-state index >= 15 is 0 Å². The minimum atomic E-state index is -0.536. The first-order valence-corrected chi connectivity index (χ1v) is 11.9. The van der Waals surface area contributed by atoms with Gasteiger partial charge in [-0.1, -0.05) is 71.4 Å². The van der Waals surface area contributed by atoms with Crippen LogP contribution in [0.1, 0.15) is 16.7 Å². The summed E-state index contributed by atoms with van der Waals surface area (Å²) in [5.74, 6) is 1.12. The fraction of sp³-hybridized carbons (Fsp3) is 0.115. The molecule has 0 saturated carbocycles. The van der Waals surface area contributed by atoms with Gasteiger partial charge >= 0.3 is 0 Å². The van der Waals surface area contributed by atoms with Crippen molar-refractivity contribution in [3.05, 3.63) is 94.3 Å². The number of carbonyl (C=O) groups excluding carboxylic acids is 1. The van der Waals surface area contributed by atoms with E-state index in [4.69, 9.17) is 21.3 Å². The van der Waals surface area contributed by atoms with Crippen LogP contribution in [0.15, 0.2) is 71.8 Å². The number of carbonyl (C=O) groups is 1. The standard InChI is InChI=1S/C26H19ClFN3O2S/c1-15-7-10-22-17(11-15)12-19-25(33-22)30-24(16-5-3-2-4-6-16)31-26(19)34-14-23(32)29-18-8-9-21(28)20(27)13-18/h2-11,13H,12,14H2,1H3,(H,29,32). The van der Waals surface area contributed by atoms with Crippen molar-refractivity contribution in [3.63, 3.8) is 0 Å². The van der Waals surface area contributed by atoms with Crippen molar-refractivity contribution in [1.82, 2.24) is 9.97 Å². The highest BCUT2D eigenvalue weighted by atomic mass is 35.5. The first kappa shape index (κ1) is 22.4. The lowest BCUT2D eigenvalue weighted by molar-refractivity contribution is -0.113. The van der Waals surface area contributed by atoms with Crippen LogP contribution >= 0.6 is 23.4 Å². The van der Waals surface area contributed by atoms with Gasteiger partial charge in [0, 0.05) is 17.7 Å². The first-order chi connectivity index (χ1) is 16.5. The number of aryl methyl sites for hydroxylation is 1. The maximum absolute atomic E-state index is 13.4. The van der Waals surface area contributed by atoms with E-state index in [9.17, 15) is 9.18 Å². The van der Waals surface area contributed by atoms with Crippen molar-refractivity contribution < 1.29 is 13.9 Å². The van der Waals surface area contributed by atoms with Gasteiger partial charge in [-0.25, -0.2) is 9.37 Å². The lowest BCUT2D eigenvalue weighted by Gasteiger charge is -2.22. The molecule has 3 aromatic carbocycles. The Hall–Kier alpha value is -3.42. The van der Waals surface area contributed by atoms with Crippen LogP contribution in [-0.4, -0.2) is 21.6 Å². The van der Waals surface area contributed by atoms with Gasteiger partial charge in [0.05, 0.1) is 16.3 Å². The lowest BCUT2D eigenvalue weighted by Crippen LogP contribution is -2.15. The van der Waals surface area contributed by atoms with Gasteiger partial charge in [-0.2, -0.15) is 4.98 Å². The maximum Gasteiger partial charge on any atom is 0.234 e. The SMILES string of the molecule is Cc1ccc2c(c1)Cc1c(nc(-c3ccccc3)nc1SCC(=O)Nc1ccc(F)c(Cl)c1)O2. The normalized spacial score (nSPS) is 11.9. The molecule has 0 aliphatic carbocycles. The highest BCUT2D eigenvalue weighted by Crippen LogP contribution is 2.40. The van der Waals surface area contributed by atoms with Gasteiger partial charge in [0.2, 0.25) is 11.8 Å². The molecule has 1 aromatic heterocycles. The zero-order valence-electron chi connectivity index (χ0n) is 18.1. The number of benzene rings is 3. The number of fused-ring (bicyclic) bond motifs is 2. The van der Waals surface area contributed by atoms with E-state index in [1.54, 1.807) is 0 Å². The molecular formula is C26H19ClFN3O2S. The summed E-state index contributed by atoms with van der Waals surface area (Å²) in [5.41, 5.74) is 4.32. The van der Waals surface area contributed by atoms with E-state index in [0.29, 0.717) is 28.8 Å². The number of nitrogens with one attached hydrogen (secondary N) is 1. The number of hydrogen-bond donors (Lipinski definition) is 1. The molecule has 0 fully saturated rings. The van der Waals surface area contributed by atoms with Crippen LogP contribution in [0.4, 0.5) is 10.1 Å². The second kappa shape index (κ2) is 9.44. The molecule has 170 valence electrons. The van der Waals surface area contributed by atoms with Gasteiger partial charge < -0.3 is 10.1 Å². The van der Waals surface area contributed by atoms with Crippen molar-refractivity contribution >= 4 is 35.0 Å². The van der Waals surface area contributed by atoms with Crippen molar-refractivity contribution in [1.29, 1.82) is 0 Å². The molecule has 5 rings (SSSR count). The number of halogens is 2. The number of anilines is 1. The summed E-state index contributed by atoms with van der Waals surface area (Å²) in [6, 6.07) is 19.7. The molecule has 5 nitrogen and oxygen atoms in total. The van der Waals surface area contributed by atoms with Crippen molar-refractivity contribution in [2.24, 2.45) is 0 Å². The third-order valence-electron chi connectivity index (χ3n) is 5.30. The Morgan fingerprint density at radius 1 is 1.12 bits per heavy atom. The quantitative estimate of drug-likeness (QED) is 0.220. The number of rotatable bonds is 5. The van der Waals surface area contributed by atoms with E-state index in [-0.39, 0.29) is 16.7 Å². The van der Waals surface area contributed by atoms with Gasteiger partial charge in [0.25, 0.3) is 0 Å². The van der Waals surface area contributed by atoms with Crippen LogP contribution in [-0.2, 0) is 11.2 Å². The first-order valence-electron chi connectivity index (χ1n) is 10.6. The minimum Gasteiger partial charge on any atom is -0.438 e. The molecular weight excluding hydrogens is 473 g/mol. The predicted molar refractivity (Wildman–Crippen MR) is 132 cm³/mol. The second-order valence-corrected chi connectivity index (χ2v) is 9.23. The highest BCUT2D eigenvalue weighted by molar-refractivity contribution is 8.00. The van der Waals surface area contributed by atoms with Crippen LogP contribution in [0, 0.1) is 12.7 Å². The topological polar surface area (TPSA) is 64.1 Å². The number of amides is 1. The fourth-order valence-corrected chi connectivity index (χ4v) is 4.67. The Bertz CT molecular complexity index is 1400. The molecule has 0 saturated heterocycles. The van der Waals surface area contributed by atoms with Crippen molar-refractivity contribution in [3.8, 4) is 23.0 Å². The fourth-order valence-electron chi connectivity index (χ4n) is 3.66. The number of hydrogen-bond acceptors (Lipinski definition) is 5. The monoisotopic (exact) mass is 491 g/mol. The molecule has 1 N–H and O–H groups in total. The highest BCUT2D eigenvalue weighted by Gasteiger charge is 2.25. The summed E-state index contributed by atoms with van der Waals surface area (Å²) in [4.78, 5) is 22.1. The zero-order valence-corrected chi connectivity index (χ0v) is 19.7. The number of aromatic nitrogens is 2. The third-order valence-corrected chi connectivity index (χ3v) is 6.60. The van der Waals surface area contributed by atoms with Crippen LogP contribution < -0.4 is 10.1 Å². The van der Waals surface area contributed by atoms with E-state index in [0.717, 1.165) is 28.0 Å². The summed E-state index contributed by atoms with van der Waals surface area (Å²) in [7, 11) is 0. The molecule has 34 heavy (non-hydrogen) atoms. The van der Waals surface area contributed by atoms with Gasteiger partial charge in [0.15, 0.2) is 5.82 Å². The van der Waals surface area contributed by atoms with Crippen LogP contribution in [0.5, 0.6) is 11.6 Å². The molecule has 2 heterocycles. The van der Waals surface area contributed by atoms with Crippen molar-refractivity contribution in [2.45, 2.75) is 18.4 Å².